The van der Waals surface area contributed by atoms with E-state index in [9.17, 15) is 14.0 Å². The van der Waals surface area contributed by atoms with Crippen molar-refractivity contribution in [1.29, 1.82) is 5.26 Å². The van der Waals surface area contributed by atoms with Crippen molar-refractivity contribution in [2.24, 2.45) is 0 Å². The molecule has 0 atom stereocenters. The monoisotopic (exact) mass is 323 g/mol. The van der Waals surface area contributed by atoms with Crippen molar-refractivity contribution in [2.75, 3.05) is 10.6 Å². The maximum atomic E-state index is 13.5. The van der Waals surface area contributed by atoms with Crippen molar-refractivity contribution in [1.82, 2.24) is 0 Å². The Labute approximate surface area is 138 Å². The molecule has 2 aromatic carbocycles. The van der Waals surface area contributed by atoms with Crippen LogP contribution < -0.4 is 10.6 Å². The van der Waals surface area contributed by atoms with Gasteiger partial charge in [0, 0.05) is 23.0 Å². The van der Waals surface area contributed by atoms with E-state index in [0.717, 1.165) is 0 Å². The molecule has 24 heavy (non-hydrogen) atoms. The van der Waals surface area contributed by atoms with Gasteiger partial charge in [-0.25, -0.2) is 4.39 Å². The second-order valence-electron chi connectivity index (χ2n) is 4.81. The number of hydrogen-bond acceptors (Lipinski definition) is 3. The van der Waals surface area contributed by atoms with Gasteiger partial charge in [0.15, 0.2) is 0 Å². The first kappa shape index (κ1) is 16.9. The highest BCUT2D eigenvalue weighted by Gasteiger charge is 2.04. The zero-order valence-electron chi connectivity index (χ0n) is 12.6. The summed E-state index contributed by atoms with van der Waals surface area (Å²) < 4.78 is 13.5. The Morgan fingerprint density at radius 3 is 2.50 bits per heavy atom. The van der Waals surface area contributed by atoms with Crippen molar-refractivity contribution in [3.05, 3.63) is 66.0 Å². The fourth-order valence-electron chi connectivity index (χ4n) is 1.91. The van der Waals surface area contributed by atoms with E-state index in [1.165, 1.54) is 18.2 Å². The zero-order chi connectivity index (χ0) is 17.4. The predicted octanol–water partition coefficient (Wildman–Crippen LogP) is 3.33. The van der Waals surface area contributed by atoms with E-state index < -0.39 is 17.6 Å². The Kier molecular flexibility index (Phi) is 5.81. The van der Waals surface area contributed by atoms with Crippen LogP contribution in [0.25, 0.3) is 6.08 Å². The molecule has 0 fully saturated rings. The first-order valence-electron chi connectivity index (χ1n) is 7.09. The van der Waals surface area contributed by atoms with E-state index in [4.69, 9.17) is 5.26 Å². The van der Waals surface area contributed by atoms with Gasteiger partial charge in [0.2, 0.25) is 11.8 Å². The lowest BCUT2D eigenvalue weighted by Crippen LogP contribution is -2.11. The molecule has 5 nitrogen and oxygen atoms in total. The van der Waals surface area contributed by atoms with Crippen molar-refractivity contribution >= 4 is 29.3 Å². The fraction of sp³-hybridized carbons (Fsp3) is 0.0556. The molecule has 0 radical (unpaired) electrons. The van der Waals surface area contributed by atoms with Gasteiger partial charge in [-0.1, -0.05) is 24.3 Å². The quantitative estimate of drug-likeness (QED) is 0.828. The Morgan fingerprint density at radius 2 is 1.79 bits per heavy atom. The molecule has 0 aromatic heterocycles. The molecule has 2 amide bonds. The number of benzene rings is 2. The van der Waals surface area contributed by atoms with Crippen LogP contribution in [-0.4, -0.2) is 11.8 Å². The average Bonchev–Trinajstić information content (AvgIpc) is 2.54. The number of nitrogens with one attached hydrogen (secondary N) is 2. The van der Waals surface area contributed by atoms with Gasteiger partial charge in [0.05, 0.1) is 6.07 Å². The highest BCUT2D eigenvalue weighted by atomic mass is 19.1. The van der Waals surface area contributed by atoms with Gasteiger partial charge < -0.3 is 10.6 Å². The Hall–Kier alpha value is -3.46. The molecule has 2 N–H and O–H groups in total. The molecule has 0 aliphatic rings. The lowest BCUT2D eigenvalue weighted by atomic mass is 10.2. The number of rotatable bonds is 5. The molecule has 2 aromatic rings. The molecule has 0 aliphatic heterocycles. The second-order valence-corrected chi connectivity index (χ2v) is 4.81. The fourth-order valence-corrected chi connectivity index (χ4v) is 1.91. The van der Waals surface area contributed by atoms with Gasteiger partial charge in [0.25, 0.3) is 0 Å². The SMILES string of the molecule is N#CCC(=O)Nc1cccc(NC(=O)/C=C/c2ccccc2F)c1. The summed E-state index contributed by atoms with van der Waals surface area (Å²) in [4.78, 5) is 23.3. The van der Waals surface area contributed by atoms with E-state index in [2.05, 4.69) is 10.6 Å². The van der Waals surface area contributed by atoms with E-state index in [-0.39, 0.29) is 6.42 Å². The average molecular weight is 323 g/mol. The number of halogens is 1. The summed E-state index contributed by atoms with van der Waals surface area (Å²) in [5.41, 5.74) is 1.24. The predicted molar refractivity (Wildman–Crippen MR) is 89.4 cm³/mol. The van der Waals surface area contributed by atoms with E-state index in [0.29, 0.717) is 16.9 Å². The molecular formula is C18H14FN3O2. The van der Waals surface area contributed by atoms with Crippen molar-refractivity contribution in [2.45, 2.75) is 6.42 Å². The Morgan fingerprint density at radius 1 is 1.08 bits per heavy atom. The van der Waals surface area contributed by atoms with Crippen molar-refractivity contribution in [3.8, 4) is 6.07 Å². The standard InChI is InChI=1S/C18H14FN3O2/c19-16-7-2-1-4-13(16)8-9-17(23)21-14-5-3-6-15(12-14)22-18(24)10-11-20/h1-9,12H,10H2,(H,21,23)(H,22,24)/b9-8+. The maximum absolute atomic E-state index is 13.5. The molecule has 2 rings (SSSR count). The molecule has 0 heterocycles. The van der Waals surface area contributed by atoms with Crippen LogP contribution >= 0.6 is 0 Å². The number of amides is 2. The van der Waals surface area contributed by atoms with Gasteiger partial charge in [-0.3, -0.25) is 9.59 Å². The number of carbonyl (C=O) groups is 2. The van der Waals surface area contributed by atoms with Crippen molar-refractivity contribution in [3.63, 3.8) is 0 Å². The summed E-state index contributed by atoms with van der Waals surface area (Å²) >= 11 is 0. The Bertz CT molecular complexity index is 825. The number of nitrogens with zero attached hydrogens (tertiary/aromatic N) is 1. The normalized spacial score (nSPS) is 10.2. The number of nitriles is 1. The van der Waals surface area contributed by atoms with Crippen LogP contribution in [0.15, 0.2) is 54.6 Å². The van der Waals surface area contributed by atoms with Crippen LogP contribution in [0.1, 0.15) is 12.0 Å². The van der Waals surface area contributed by atoms with E-state index in [1.54, 1.807) is 48.5 Å². The summed E-state index contributed by atoms with van der Waals surface area (Å²) in [5, 5.41) is 13.6. The highest BCUT2D eigenvalue weighted by molar-refractivity contribution is 6.02. The minimum Gasteiger partial charge on any atom is -0.325 e. The topological polar surface area (TPSA) is 82.0 Å². The molecule has 0 spiro atoms. The molecule has 0 bridgehead atoms. The first-order chi connectivity index (χ1) is 11.6. The van der Waals surface area contributed by atoms with Gasteiger partial charge in [-0.05, 0) is 30.3 Å². The lowest BCUT2D eigenvalue weighted by molar-refractivity contribution is -0.115. The second kappa shape index (κ2) is 8.25. The molecule has 0 saturated heterocycles. The first-order valence-corrected chi connectivity index (χ1v) is 7.09. The van der Waals surface area contributed by atoms with Crippen LogP contribution in [0, 0.1) is 17.1 Å². The Balaban J connectivity index is 2.00. The summed E-state index contributed by atoms with van der Waals surface area (Å²) in [6.45, 7) is 0. The lowest BCUT2D eigenvalue weighted by Gasteiger charge is -2.06. The summed E-state index contributed by atoms with van der Waals surface area (Å²) in [5.74, 6) is -1.28. The minimum atomic E-state index is -0.432. The van der Waals surface area contributed by atoms with Gasteiger partial charge in [-0.15, -0.1) is 0 Å². The van der Waals surface area contributed by atoms with E-state index >= 15 is 0 Å². The molecule has 0 aliphatic carbocycles. The minimum absolute atomic E-state index is 0.248. The number of carbonyl (C=O) groups excluding carboxylic acids is 2. The van der Waals surface area contributed by atoms with E-state index in [1.807, 2.05) is 0 Å². The van der Waals surface area contributed by atoms with Crippen LogP contribution in [0.5, 0.6) is 0 Å². The molecule has 120 valence electrons. The molecular weight excluding hydrogens is 309 g/mol. The summed E-state index contributed by atoms with van der Waals surface area (Å²) in [6, 6.07) is 14.4. The van der Waals surface area contributed by atoms with Crippen LogP contribution in [-0.2, 0) is 9.59 Å². The third kappa shape index (κ3) is 5.07. The number of hydrogen-bond donors (Lipinski definition) is 2. The zero-order valence-corrected chi connectivity index (χ0v) is 12.6. The largest absolute Gasteiger partial charge is 0.325 e. The third-order valence-corrected chi connectivity index (χ3v) is 2.97. The van der Waals surface area contributed by atoms with Crippen LogP contribution in [0.4, 0.5) is 15.8 Å². The smallest absolute Gasteiger partial charge is 0.248 e. The molecule has 6 heteroatoms. The van der Waals surface area contributed by atoms with Crippen LogP contribution in [0.3, 0.4) is 0 Å². The van der Waals surface area contributed by atoms with Crippen molar-refractivity contribution < 1.29 is 14.0 Å². The van der Waals surface area contributed by atoms with Gasteiger partial charge >= 0.3 is 0 Å². The summed E-state index contributed by atoms with van der Waals surface area (Å²) in [6.07, 6.45) is 2.35. The third-order valence-electron chi connectivity index (χ3n) is 2.97. The summed E-state index contributed by atoms with van der Waals surface area (Å²) in [7, 11) is 0. The number of anilines is 2. The van der Waals surface area contributed by atoms with Crippen LogP contribution in [0.2, 0.25) is 0 Å². The molecule has 0 unspecified atom stereocenters. The highest BCUT2D eigenvalue weighted by Crippen LogP contribution is 2.15. The van der Waals surface area contributed by atoms with Gasteiger partial charge in [-0.2, -0.15) is 5.26 Å². The molecule has 0 saturated carbocycles. The maximum Gasteiger partial charge on any atom is 0.248 e. The van der Waals surface area contributed by atoms with Gasteiger partial charge in [0.1, 0.15) is 12.2 Å².